The molecule has 1 amide bonds. The van der Waals surface area contributed by atoms with Crippen molar-refractivity contribution in [1.82, 2.24) is 15.2 Å². The third kappa shape index (κ3) is 7.54. The van der Waals surface area contributed by atoms with E-state index in [0.29, 0.717) is 13.0 Å². The Labute approximate surface area is 212 Å². The predicted octanol–water partition coefficient (Wildman–Crippen LogP) is 4.78. The molecule has 6 nitrogen and oxygen atoms in total. The summed E-state index contributed by atoms with van der Waals surface area (Å²) in [6.07, 6.45) is 2.43. The number of rotatable bonds is 11. The number of nitrogens with one attached hydrogen (secondary N) is 1. The molecule has 0 spiro atoms. The Morgan fingerprint density at radius 1 is 1.09 bits per heavy atom. The number of ether oxygens (including phenoxy) is 1. The largest absolute Gasteiger partial charge is 0.494 e. The third-order valence-electron chi connectivity index (χ3n) is 6.27. The average Bonchev–Trinajstić information content (AvgIpc) is 3.33. The number of hydrogen-bond donors (Lipinski definition) is 1. The smallest absolute Gasteiger partial charge is 0.226 e. The number of unbranched alkanes of at least 4 members (excludes halogenated alkanes) is 1. The second kappa shape index (κ2) is 12.7. The summed E-state index contributed by atoms with van der Waals surface area (Å²) in [4.78, 5) is 22.0. The van der Waals surface area contributed by atoms with Gasteiger partial charge in [0.05, 0.1) is 18.7 Å². The van der Waals surface area contributed by atoms with Gasteiger partial charge in [-0.1, -0.05) is 12.1 Å². The highest BCUT2D eigenvalue weighted by molar-refractivity contribution is 7.13. The minimum atomic E-state index is 0.0420. The monoisotopic (exact) mass is 492 g/mol. The van der Waals surface area contributed by atoms with E-state index in [-0.39, 0.29) is 5.91 Å². The molecule has 3 aromatic rings. The lowest BCUT2D eigenvalue weighted by molar-refractivity contribution is -0.120. The number of aromatic nitrogens is 1. The maximum absolute atomic E-state index is 12.4. The van der Waals surface area contributed by atoms with Crippen molar-refractivity contribution in [1.29, 1.82) is 0 Å². The van der Waals surface area contributed by atoms with Crippen LogP contribution in [-0.2, 0) is 11.2 Å². The van der Waals surface area contributed by atoms with Gasteiger partial charge in [0.15, 0.2) is 0 Å². The van der Waals surface area contributed by atoms with Gasteiger partial charge in [0.25, 0.3) is 0 Å². The predicted molar refractivity (Wildman–Crippen MR) is 144 cm³/mol. The number of piperazine rings is 1. The summed E-state index contributed by atoms with van der Waals surface area (Å²) >= 11 is 1.57. The van der Waals surface area contributed by atoms with E-state index in [2.05, 4.69) is 51.3 Å². The van der Waals surface area contributed by atoms with Crippen molar-refractivity contribution < 1.29 is 9.53 Å². The number of thiazole rings is 1. The molecule has 0 radical (unpaired) electrons. The van der Waals surface area contributed by atoms with E-state index in [1.165, 1.54) is 11.3 Å². The zero-order chi connectivity index (χ0) is 24.5. The Balaban J connectivity index is 1.10. The van der Waals surface area contributed by atoms with Gasteiger partial charge in [0.1, 0.15) is 10.8 Å². The van der Waals surface area contributed by atoms with Crippen molar-refractivity contribution in [2.75, 3.05) is 50.8 Å². The van der Waals surface area contributed by atoms with Crippen LogP contribution in [0.15, 0.2) is 53.9 Å². The first-order valence-corrected chi connectivity index (χ1v) is 13.5. The molecule has 0 unspecified atom stereocenters. The van der Waals surface area contributed by atoms with Crippen molar-refractivity contribution in [2.24, 2.45) is 0 Å². The second-order valence-corrected chi connectivity index (χ2v) is 9.86. The Morgan fingerprint density at radius 3 is 2.63 bits per heavy atom. The fourth-order valence-corrected chi connectivity index (χ4v) is 5.18. The normalized spacial score (nSPS) is 14.2. The Bertz CT molecular complexity index is 1070. The van der Waals surface area contributed by atoms with Gasteiger partial charge >= 0.3 is 0 Å². The fraction of sp³-hybridized carbons (Fsp3) is 0.429. The molecule has 7 heteroatoms. The molecular weight excluding hydrogens is 456 g/mol. The second-order valence-electron chi connectivity index (χ2n) is 9.00. The molecule has 35 heavy (non-hydrogen) atoms. The van der Waals surface area contributed by atoms with E-state index in [0.717, 1.165) is 74.1 Å². The van der Waals surface area contributed by atoms with Crippen molar-refractivity contribution in [3.63, 3.8) is 0 Å². The van der Waals surface area contributed by atoms with Crippen LogP contribution in [0.25, 0.3) is 10.6 Å². The van der Waals surface area contributed by atoms with E-state index in [1.54, 1.807) is 11.3 Å². The molecule has 1 aliphatic heterocycles. The van der Waals surface area contributed by atoms with Crippen LogP contribution in [0.3, 0.4) is 0 Å². The van der Waals surface area contributed by atoms with Gasteiger partial charge in [0, 0.05) is 49.4 Å². The van der Waals surface area contributed by atoms with Gasteiger partial charge in [-0.25, -0.2) is 4.98 Å². The molecule has 1 saturated heterocycles. The topological polar surface area (TPSA) is 57.7 Å². The Kier molecular flexibility index (Phi) is 9.15. The van der Waals surface area contributed by atoms with Gasteiger partial charge < -0.3 is 15.0 Å². The number of benzene rings is 2. The average molecular weight is 493 g/mol. The van der Waals surface area contributed by atoms with Gasteiger partial charge in [0.2, 0.25) is 5.91 Å². The number of hydrogen-bond acceptors (Lipinski definition) is 6. The first-order valence-electron chi connectivity index (χ1n) is 12.6. The van der Waals surface area contributed by atoms with Gasteiger partial charge in [-0.2, -0.15) is 0 Å². The molecule has 1 aromatic heterocycles. The molecule has 1 fully saturated rings. The molecule has 0 aliphatic carbocycles. The SMILES string of the molecule is CCOc1ccc(-c2nc(CC(=O)NCCCCN3CCN(c4cccc(C)c4)CC3)cs2)cc1. The molecule has 0 bridgehead atoms. The number of anilines is 1. The van der Waals surface area contributed by atoms with E-state index >= 15 is 0 Å². The van der Waals surface area contributed by atoms with Gasteiger partial charge in [-0.3, -0.25) is 9.69 Å². The van der Waals surface area contributed by atoms with Crippen LogP contribution >= 0.6 is 11.3 Å². The maximum atomic E-state index is 12.4. The van der Waals surface area contributed by atoms with Crippen LogP contribution in [0.4, 0.5) is 5.69 Å². The fourth-order valence-electron chi connectivity index (χ4n) is 4.35. The minimum Gasteiger partial charge on any atom is -0.494 e. The van der Waals surface area contributed by atoms with Crippen molar-refractivity contribution in [3.05, 3.63) is 65.2 Å². The quantitative estimate of drug-likeness (QED) is 0.391. The molecule has 2 aromatic carbocycles. The molecular formula is C28H36N4O2S. The summed E-state index contributed by atoms with van der Waals surface area (Å²) in [6.45, 7) is 10.9. The van der Waals surface area contributed by atoms with Crippen LogP contribution in [0.1, 0.15) is 31.0 Å². The zero-order valence-corrected chi connectivity index (χ0v) is 21.7. The molecule has 0 atom stereocenters. The zero-order valence-electron chi connectivity index (χ0n) is 20.8. The molecule has 2 heterocycles. The van der Waals surface area contributed by atoms with E-state index in [1.807, 2.05) is 36.6 Å². The summed E-state index contributed by atoms with van der Waals surface area (Å²) in [7, 11) is 0. The summed E-state index contributed by atoms with van der Waals surface area (Å²) in [5.74, 6) is 0.900. The van der Waals surface area contributed by atoms with Crippen LogP contribution in [-0.4, -0.2) is 61.7 Å². The van der Waals surface area contributed by atoms with Gasteiger partial charge in [-0.15, -0.1) is 11.3 Å². The maximum Gasteiger partial charge on any atom is 0.226 e. The summed E-state index contributed by atoms with van der Waals surface area (Å²) in [6, 6.07) is 16.7. The van der Waals surface area contributed by atoms with Crippen molar-refractivity contribution in [3.8, 4) is 16.3 Å². The first-order chi connectivity index (χ1) is 17.1. The van der Waals surface area contributed by atoms with E-state index in [4.69, 9.17) is 4.74 Å². The minimum absolute atomic E-state index is 0.0420. The summed E-state index contributed by atoms with van der Waals surface area (Å²) in [5.41, 5.74) is 4.52. The van der Waals surface area contributed by atoms with E-state index < -0.39 is 0 Å². The number of aryl methyl sites for hydroxylation is 1. The summed E-state index contributed by atoms with van der Waals surface area (Å²) < 4.78 is 5.49. The van der Waals surface area contributed by atoms with E-state index in [9.17, 15) is 4.79 Å². The number of nitrogens with zero attached hydrogens (tertiary/aromatic N) is 3. The molecule has 1 N–H and O–H groups in total. The first kappa shape index (κ1) is 25.2. The molecule has 1 aliphatic rings. The third-order valence-corrected chi connectivity index (χ3v) is 7.21. The molecule has 186 valence electrons. The lowest BCUT2D eigenvalue weighted by Crippen LogP contribution is -2.46. The molecule has 4 rings (SSSR count). The standard InChI is InChI=1S/C28H36N4O2S/c1-3-34-26-11-9-23(10-12-26)28-30-24(21-35-28)20-27(33)29-13-4-5-14-31-15-17-32(18-16-31)25-8-6-7-22(2)19-25/h6-12,19,21H,3-5,13-18,20H2,1-2H3,(H,29,33). The highest BCUT2D eigenvalue weighted by Gasteiger charge is 2.17. The summed E-state index contributed by atoms with van der Waals surface area (Å²) in [5, 5.41) is 5.96. The van der Waals surface area contributed by atoms with Crippen molar-refractivity contribution in [2.45, 2.75) is 33.1 Å². The van der Waals surface area contributed by atoms with Crippen LogP contribution in [0, 0.1) is 6.92 Å². The Morgan fingerprint density at radius 2 is 1.89 bits per heavy atom. The molecule has 0 saturated carbocycles. The van der Waals surface area contributed by atoms with Crippen LogP contribution in [0.5, 0.6) is 5.75 Å². The van der Waals surface area contributed by atoms with Crippen LogP contribution in [0.2, 0.25) is 0 Å². The highest BCUT2D eigenvalue weighted by Crippen LogP contribution is 2.26. The number of carbonyl (C=O) groups is 1. The highest BCUT2D eigenvalue weighted by atomic mass is 32.1. The van der Waals surface area contributed by atoms with Gasteiger partial charge in [-0.05, 0) is 75.2 Å². The lowest BCUT2D eigenvalue weighted by Gasteiger charge is -2.36. The van der Waals surface area contributed by atoms with Crippen LogP contribution < -0.4 is 15.0 Å². The lowest BCUT2D eigenvalue weighted by atomic mass is 10.2. The van der Waals surface area contributed by atoms with Crippen molar-refractivity contribution >= 4 is 22.9 Å². The Hall–Kier alpha value is -2.90. The number of carbonyl (C=O) groups excluding carboxylic acids is 1. The number of amides is 1.